The second-order valence-electron chi connectivity index (χ2n) is 3.00. The first-order valence-electron chi connectivity index (χ1n) is 3.49. The molecule has 3 heteroatoms. The van der Waals surface area contributed by atoms with E-state index < -0.39 is 0 Å². The van der Waals surface area contributed by atoms with Crippen LogP contribution in [0.5, 0.6) is 0 Å². The largest absolute Gasteiger partial charge is 0.466 e. The van der Waals surface area contributed by atoms with Gasteiger partial charge in [0.1, 0.15) is 12.0 Å². The maximum absolute atomic E-state index is 5.31. The van der Waals surface area contributed by atoms with Crippen molar-refractivity contribution in [2.24, 2.45) is 0 Å². The van der Waals surface area contributed by atoms with Crippen LogP contribution in [-0.2, 0) is 5.54 Å². The molecule has 0 bridgehead atoms. The summed E-state index contributed by atoms with van der Waals surface area (Å²) in [5.74, 6) is 0.937. The summed E-state index contributed by atoms with van der Waals surface area (Å²) in [7, 11) is 1.91. The van der Waals surface area contributed by atoms with Crippen LogP contribution in [0.25, 0.3) is 0 Å². The van der Waals surface area contributed by atoms with Crippen LogP contribution >= 0.6 is 15.9 Å². The second kappa shape index (κ2) is 2.99. The summed E-state index contributed by atoms with van der Waals surface area (Å²) in [5.41, 5.74) is -0.0913. The smallest absolute Gasteiger partial charge is 0.124 e. The van der Waals surface area contributed by atoms with Gasteiger partial charge >= 0.3 is 0 Å². The van der Waals surface area contributed by atoms with Crippen molar-refractivity contribution in [2.75, 3.05) is 7.05 Å². The molecule has 1 aromatic rings. The minimum atomic E-state index is -0.0913. The molecule has 0 aliphatic carbocycles. The summed E-state index contributed by atoms with van der Waals surface area (Å²) >= 11 is 3.33. The van der Waals surface area contributed by atoms with Crippen LogP contribution < -0.4 is 5.32 Å². The van der Waals surface area contributed by atoms with Crippen LogP contribution in [0.1, 0.15) is 19.6 Å². The van der Waals surface area contributed by atoms with Crippen molar-refractivity contribution in [1.29, 1.82) is 0 Å². The summed E-state index contributed by atoms with van der Waals surface area (Å²) in [4.78, 5) is 0. The van der Waals surface area contributed by atoms with Gasteiger partial charge in [-0.05, 0) is 42.9 Å². The fraction of sp³-hybridized carbons (Fsp3) is 0.500. The number of hydrogen-bond acceptors (Lipinski definition) is 2. The average Bonchev–Trinajstić information content (AvgIpc) is 2.36. The summed E-state index contributed by atoms with van der Waals surface area (Å²) < 4.78 is 6.29. The molecule has 1 N–H and O–H groups in total. The maximum atomic E-state index is 5.31. The van der Waals surface area contributed by atoms with Crippen molar-refractivity contribution < 1.29 is 4.42 Å². The standard InChI is InChI=1S/C8H12BrNO/c1-8(2,10-3)7-4-6(9)5-11-7/h4-5,10H,1-3H3. The number of halogens is 1. The highest BCUT2D eigenvalue weighted by atomic mass is 79.9. The Kier molecular flexibility index (Phi) is 2.40. The first kappa shape index (κ1) is 8.81. The van der Waals surface area contributed by atoms with Crippen molar-refractivity contribution in [3.8, 4) is 0 Å². The van der Waals surface area contributed by atoms with Crippen LogP contribution in [0.3, 0.4) is 0 Å². The fourth-order valence-electron chi connectivity index (χ4n) is 0.764. The summed E-state index contributed by atoms with van der Waals surface area (Å²) in [6, 6.07) is 1.97. The highest BCUT2D eigenvalue weighted by molar-refractivity contribution is 9.10. The van der Waals surface area contributed by atoms with E-state index in [1.807, 2.05) is 13.1 Å². The number of hydrogen-bond donors (Lipinski definition) is 1. The van der Waals surface area contributed by atoms with Gasteiger partial charge in [-0.2, -0.15) is 0 Å². The molecule has 0 atom stereocenters. The van der Waals surface area contributed by atoms with E-state index in [0.717, 1.165) is 10.2 Å². The van der Waals surface area contributed by atoms with Crippen LogP contribution in [0.4, 0.5) is 0 Å². The Balaban J connectivity index is 2.92. The maximum Gasteiger partial charge on any atom is 0.124 e. The van der Waals surface area contributed by atoms with E-state index in [4.69, 9.17) is 4.42 Å². The molecular formula is C8H12BrNO. The van der Waals surface area contributed by atoms with E-state index in [0.29, 0.717) is 0 Å². The third-order valence-corrected chi connectivity index (χ3v) is 2.22. The molecule has 0 unspecified atom stereocenters. The van der Waals surface area contributed by atoms with Gasteiger partial charge in [0.2, 0.25) is 0 Å². The Morgan fingerprint density at radius 1 is 1.55 bits per heavy atom. The van der Waals surface area contributed by atoms with Gasteiger partial charge in [0, 0.05) is 0 Å². The van der Waals surface area contributed by atoms with Gasteiger partial charge in [0.05, 0.1) is 10.0 Å². The van der Waals surface area contributed by atoms with Gasteiger partial charge < -0.3 is 9.73 Å². The lowest BCUT2D eigenvalue weighted by Crippen LogP contribution is -2.32. The summed E-state index contributed by atoms with van der Waals surface area (Å²) in [6.07, 6.45) is 1.69. The Morgan fingerprint density at radius 2 is 2.18 bits per heavy atom. The first-order valence-corrected chi connectivity index (χ1v) is 4.29. The molecule has 62 valence electrons. The van der Waals surface area contributed by atoms with E-state index in [2.05, 4.69) is 35.1 Å². The number of furan rings is 1. The highest BCUT2D eigenvalue weighted by Crippen LogP contribution is 2.24. The Labute approximate surface area is 75.1 Å². The number of nitrogens with one attached hydrogen (secondary N) is 1. The van der Waals surface area contributed by atoms with Crippen LogP contribution in [-0.4, -0.2) is 7.05 Å². The monoisotopic (exact) mass is 217 g/mol. The normalized spacial score (nSPS) is 12.0. The highest BCUT2D eigenvalue weighted by Gasteiger charge is 2.21. The third kappa shape index (κ3) is 1.84. The quantitative estimate of drug-likeness (QED) is 0.824. The second-order valence-corrected chi connectivity index (χ2v) is 3.92. The minimum Gasteiger partial charge on any atom is -0.466 e. The molecule has 0 saturated carbocycles. The fourth-order valence-corrected chi connectivity index (χ4v) is 1.07. The van der Waals surface area contributed by atoms with Crippen LogP contribution in [0, 0.1) is 0 Å². The van der Waals surface area contributed by atoms with Crippen molar-refractivity contribution in [1.82, 2.24) is 5.32 Å². The van der Waals surface area contributed by atoms with Gasteiger partial charge in [-0.3, -0.25) is 0 Å². The Bertz CT molecular complexity index is 242. The number of rotatable bonds is 2. The van der Waals surface area contributed by atoms with Crippen LogP contribution in [0.15, 0.2) is 21.2 Å². The van der Waals surface area contributed by atoms with E-state index in [1.54, 1.807) is 6.26 Å². The molecule has 0 amide bonds. The SMILES string of the molecule is CNC(C)(C)c1cc(Br)co1. The van der Waals surface area contributed by atoms with Crippen molar-refractivity contribution in [3.05, 3.63) is 22.6 Å². The first-order chi connectivity index (χ1) is 5.06. The van der Waals surface area contributed by atoms with Gasteiger partial charge in [-0.25, -0.2) is 0 Å². The van der Waals surface area contributed by atoms with Gasteiger partial charge in [0.15, 0.2) is 0 Å². The van der Waals surface area contributed by atoms with Crippen LogP contribution in [0.2, 0.25) is 0 Å². The van der Waals surface area contributed by atoms with E-state index in [-0.39, 0.29) is 5.54 Å². The summed E-state index contributed by atoms with van der Waals surface area (Å²) in [6.45, 7) is 4.14. The van der Waals surface area contributed by atoms with Crippen molar-refractivity contribution >= 4 is 15.9 Å². The molecule has 0 saturated heterocycles. The molecule has 0 aliphatic rings. The van der Waals surface area contributed by atoms with Gasteiger partial charge in [-0.1, -0.05) is 0 Å². The third-order valence-electron chi connectivity index (χ3n) is 1.81. The summed E-state index contributed by atoms with van der Waals surface area (Å²) in [5, 5.41) is 3.16. The average molecular weight is 218 g/mol. The van der Waals surface area contributed by atoms with Gasteiger partial charge in [0.25, 0.3) is 0 Å². The van der Waals surface area contributed by atoms with Gasteiger partial charge in [-0.15, -0.1) is 0 Å². The zero-order chi connectivity index (χ0) is 8.48. The molecule has 1 heterocycles. The molecular weight excluding hydrogens is 206 g/mol. The minimum absolute atomic E-state index is 0.0913. The lowest BCUT2D eigenvalue weighted by atomic mass is 10.0. The Morgan fingerprint density at radius 3 is 2.55 bits per heavy atom. The molecule has 1 rings (SSSR count). The molecule has 1 aromatic heterocycles. The molecule has 0 aromatic carbocycles. The molecule has 0 spiro atoms. The molecule has 0 radical (unpaired) electrons. The predicted octanol–water partition coefficient (Wildman–Crippen LogP) is 2.50. The Hall–Kier alpha value is -0.280. The van der Waals surface area contributed by atoms with E-state index in [9.17, 15) is 0 Å². The lowest BCUT2D eigenvalue weighted by molar-refractivity contribution is 0.342. The predicted molar refractivity (Wildman–Crippen MR) is 48.5 cm³/mol. The lowest BCUT2D eigenvalue weighted by Gasteiger charge is -2.20. The zero-order valence-electron chi connectivity index (χ0n) is 6.94. The topological polar surface area (TPSA) is 25.2 Å². The molecule has 0 fully saturated rings. The van der Waals surface area contributed by atoms with E-state index >= 15 is 0 Å². The molecule has 11 heavy (non-hydrogen) atoms. The zero-order valence-corrected chi connectivity index (χ0v) is 8.53. The molecule has 0 aliphatic heterocycles. The van der Waals surface area contributed by atoms with Crippen molar-refractivity contribution in [2.45, 2.75) is 19.4 Å². The molecule has 2 nitrogen and oxygen atoms in total. The van der Waals surface area contributed by atoms with Crippen molar-refractivity contribution in [3.63, 3.8) is 0 Å². The van der Waals surface area contributed by atoms with E-state index in [1.165, 1.54) is 0 Å².